The highest BCUT2D eigenvalue weighted by Crippen LogP contribution is 2.25. The largest absolute Gasteiger partial charge is 0.263 e. The number of halogens is 1. The SMILES string of the molecule is Cc1cc(NS(=O)(=O)c2ccc(F)cc2)n(-c2cc(C)c3cccc(C)c3n2)n1. The van der Waals surface area contributed by atoms with E-state index in [1.807, 2.05) is 38.1 Å². The molecule has 2 heterocycles. The summed E-state index contributed by atoms with van der Waals surface area (Å²) in [6.07, 6.45) is 0. The van der Waals surface area contributed by atoms with E-state index in [1.54, 1.807) is 13.0 Å². The number of aryl methyl sites for hydroxylation is 3. The third kappa shape index (κ3) is 3.58. The molecule has 2 aromatic carbocycles. The van der Waals surface area contributed by atoms with Crippen LogP contribution in [0, 0.1) is 26.6 Å². The molecule has 148 valence electrons. The monoisotopic (exact) mass is 410 g/mol. The molecule has 0 aliphatic heterocycles. The van der Waals surface area contributed by atoms with E-state index in [4.69, 9.17) is 4.98 Å². The van der Waals surface area contributed by atoms with Crippen molar-refractivity contribution in [3.63, 3.8) is 0 Å². The van der Waals surface area contributed by atoms with Gasteiger partial charge in [0.05, 0.1) is 16.1 Å². The van der Waals surface area contributed by atoms with E-state index in [0.717, 1.165) is 34.2 Å². The standard InChI is InChI=1S/C21H19FN4O2S/c1-13-5-4-6-18-14(2)11-19(23-21(13)18)26-20(12-15(3)24-26)25-29(27,28)17-9-7-16(22)8-10-17/h4-12,25H,1-3H3. The number of pyridine rings is 1. The van der Waals surface area contributed by atoms with Crippen molar-refractivity contribution in [1.29, 1.82) is 0 Å². The summed E-state index contributed by atoms with van der Waals surface area (Å²) in [5.41, 5.74) is 3.49. The van der Waals surface area contributed by atoms with E-state index < -0.39 is 15.8 Å². The number of hydrogen-bond donors (Lipinski definition) is 1. The number of aromatic nitrogens is 3. The fourth-order valence-electron chi connectivity index (χ4n) is 3.21. The Labute approximate surface area is 168 Å². The Kier molecular flexibility index (Phi) is 4.58. The fraction of sp³-hybridized carbons (Fsp3) is 0.143. The summed E-state index contributed by atoms with van der Waals surface area (Å²) in [5.74, 6) is 0.261. The maximum Gasteiger partial charge on any atom is 0.263 e. The van der Waals surface area contributed by atoms with Crippen LogP contribution in [0.15, 0.2) is 59.5 Å². The molecule has 0 radical (unpaired) electrons. The first-order chi connectivity index (χ1) is 13.7. The van der Waals surface area contributed by atoms with Crippen molar-refractivity contribution >= 4 is 26.7 Å². The van der Waals surface area contributed by atoms with Crippen LogP contribution in [0.5, 0.6) is 0 Å². The van der Waals surface area contributed by atoms with Crippen LogP contribution in [0.1, 0.15) is 16.8 Å². The summed E-state index contributed by atoms with van der Waals surface area (Å²) >= 11 is 0. The second kappa shape index (κ2) is 6.97. The van der Waals surface area contributed by atoms with Gasteiger partial charge in [-0.05, 0) is 62.2 Å². The zero-order valence-corrected chi connectivity index (χ0v) is 17.0. The number of benzene rings is 2. The lowest BCUT2D eigenvalue weighted by Crippen LogP contribution is -2.16. The van der Waals surface area contributed by atoms with Crippen LogP contribution >= 0.6 is 0 Å². The molecule has 0 saturated carbocycles. The Morgan fingerprint density at radius 3 is 2.41 bits per heavy atom. The van der Waals surface area contributed by atoms with E-state index >= 15 is 0 Å². The molecule has 8 heteroatoms. The molecule has 0 aliphatic rings. The smallest absolute Gasteiger partial charge is 0.263 e. The second-order valence-corrected chi connectivity index (χ2v) is 8.59. The van der Waals surface area contributed by atoms with Gasteiger partial charge >= 0.3 is 0 Å². The van der Waals surface area contributed by atoms with E-state index in [1.165, 1.54) is 16.8 Å². The van der Waals surface area contributed by atoms with Gasteiger partial charge in [-0.3, -0.25) is 4.72 Å². The summed E-state index contributed by atoms with van der Waals surface area (Å²) in [6.45, 7) is 5.72. The van der Waals surface area contributed by atoms with Crippen molar-refractivity contribution in [2.24, 2.45) is 0 Å². The third-order valence-electron chi connectivity index (χ3n) is 4.65. The predicted molar refractivity (Wildman–Crippen MR) is 110 cm³/mol. The highest BCUT2D eigenvalue weighted by Gasteiger charge is 2.19. The molecule has 0 spiro atoms. The molecule has 0 amide bonds. The van der Waals surface area contributed by atoms with Crippen LogP contribution in [0.2, 0.25) is 0 Å². The van der Waals surface area contributed by atoms with Gasteiger partial charge in [-0.15, -0.1) is 0 Å². The van der Waals surface area contributed by atoms with E-state index in [2.05, 4.69) is 9.82 Å². The van der Waals surface area contributed by atoms with Crippen molar-refractivity contribution < 1.29 is 12.8 Å². The molecule has 0 atom stereocenters. The molecular formula is C21H19FN4O2S. The maximum atomic E-state index is 13.2. The summed E-state index contributed by atoms with van der Waals surface area (Å²) < 4.78 is 42.6. The van der Waals surface area contributed by atoms with Gasteiger partial charge in [-0.25, -0.2) is 17.8 Å². The van der Waals surface area contributed by atoms with Gasteiger partial charge in [0.15, 0.2) is 5.82 Å². The number of hydrogen-bond acceptors (Lipinski definition) is 4. The van der Waals surface area contributed by atoms with Gasteiger partial charge in [0.1, 0.15) is 11.6 Å². The molecule has 0 saturated heterocycles. The first-order valence-electron chi connectivity index (χ1n) is 8.97. The minimum Gasteiger partial charge on any atom is -0.263 e. The van der Waals surface area contributed by atoms with Crippen LogP contribution in [0.25, 0.3) is 16.7 Å². The number of nitrogens with one attached hydrogen (secondary N) is 1. The van der Waals surface area contributed by atoms with Crippen molar-refractivity contribution in [1.82, 2.24) is 14.8 Å². The average Bonchev–Trinajstić information content (AvgIpc) is 3.02. The fourth-order valence-corrected chi connectivity index (χ4v) is 4.24. The number of anilines is 1. The number of sulfonamides is 1. The zero-order chi connectivity index (χ0) is 20.8. The molecule has 4 rings (SSSR count). The number of nitrogens with zero attached hydrogens (tertiary/aromatic N) is 3. The van der Waals surface area contributed by atoms with Crippen LogP contribution in [0.4, 0.5) is 10.2 Å². The lowest BCUT2D eigenvalue weighted by Gasteiger charge is -2.12. The van der Waals surface area contributed by atoms with Gasteiger partial charge in [0.2, 0.25) is 0 Å². The topological polar surface area (TPSA) is 76.9 Å². The summed E-state index contributed by atoms with van der Waals surface area (Å²) in [7, 11) is -3.91. The average molecular weight is 410 g/mol. The summed E-state index contributed by atoms with van der Waals surface area (Å²) in [6, 6.07) is 14.1. The lowest BCUT2D eigenvalue weighted by molar-refractivity contribution is 0.599. The first-order valence-corrected chi connectivity index (χ1v) is 10.5. The zero-order valence-electron chi connectivity index (χ0n) is 16.1. The molecule has 2 aromatic heterocycles. The van der Waals surface area contributed by atoms with Gasteiger partial charge in [0.25, 0.3) is 10.0 Å². The summed E-state index contributed by atoms with van der Waals surface area (Å²) in [5, 5.41) is 5.45. The number of para-hydroxylation sites is 1. The molecule has 6 nitrogen and oxygen atoms in total. The molecule has 4 aromatic rings. The van der Waals surface area contributed by atoms with E-state index in [0.29, 0.717) is 11.5 Å². The maximum absolute atomic E-state index is 13.2. The van der Waals surface area contributed by atoms with Gasteiger partial charge < -0.3 is 0 Å². The van der Waals surface area contributed by atoms with Crippen LogP contribution < -0.4 is 4.72 Å². The Morgan fingerprint density at radius 1 is 0.966 bits per heavy atom. The van der Waals surface area contributed by atoms with E-state index in [-0.39, 0.29) is 10.7 Å². The minimum absolute atomic E-state index is 0.0391. The molecule has 1 N–H and O–H groups in total. The lowest BCUT2D eigenvalue weighted by atomic mass is 10.1. The van der Waals surface area contributed by atoms with Gasteiger partial charge in [0, 0.05) is 11.5 Å². The highest BCUT2D eigenvalue weighted by atomic mass is 32.2. The predicted octanol–water partition coefficient (Wildman–Crippen LogP) is 4.29. The quantitative estimate of drug-likeness (QED) is 0.545. The van der Waals surface area contributed by atoms with Crippen LogP contribution in [-0.2, 0) is 10.0 Å². The minimum atomic E-state index is -3.91. The highest BCUT2D eigenvalue weighted by molar-refractivity contribution is 7.92. The molecule has 0 fully saturated rings. The summed E-state index contributed by atoms with van der Waals surface area (Å²) in [4.78, 5) is 4.67. The normalized spacial score (nSPS) is 11.7. The van der Waals surface area contributed by atoms with Crippen molar-refractivity contribution in [3.8, 4) is 5.82 Å². The van der Waals surface area contributed by atoms with Crippen molar-refractivity contribution in [2.45, 2.75) is 25.7 Å². The molecule has 0 aliphatic carbocycles. The van der Waals surface area contributed by atoms with Gasteiger partial charge in [-0.2, -0.15) is 9.78 Å². The molecule has 0 unspecified atom stereocenters. The second-order valence-electron chi connectivity index (χ2n) is 6.91. The van der Waals surface area contributed by atoms with Crippen LogP contribution in [-0.4, -0.2) is 23.2 Å². The third-order valence-corrected chi connectivity index (χ3v) is 6.02. The number of fused-ring (bicyclic) bond motifs is 1. The molecular weight excluding hydrogens is 391 g/mol. The van der Waals surface area contributed by atoms with Gasteiger partial charge in [-0.1, -0.05) is 18.2 Å². The molecule has 29 heavy (non-hydrogen) atoms. The van der Waals surface area contributed by atoms with Crippen molar-refractivity contribution in [2.75, 3.05) is 4.72 Å². The first kappa shape index (κ1) is 19.1. The number of rotatable bonds is 4. The Bertz CT molecular complexity index is 1330. The Morgan fingerprint density at radius 2 is 1.69 bits per heavy atom. The van der Waals surface area contributed by atoms with Crippen molar-refractivity contribution in [3.05, 3.63) is 77.2 Å². The van der Waals surface area contributed by atoms with E-state index in [9.17, 15) is 12.8 Å². The Balaban J connectivity index is 1.81. The molecule has 0 bridgehead atoms. The Hall–Kier alpha value is -3.26. The van der Waals surface area contributed by atoms with Crippen LogP contribution in [0.3, 0.4) is 0 Å².